The summed E-state index contributed by atoms with van der Waals surface area (Å²) in [6.07, 6.45) is 15.9. The topological polar surface area (TPSA) is 49.4 Å². The second kappa shape index (κ2) is 10.7. The predicted octanol–water partition coefficient (Wildman–Crippen LogP) is 5.78. The summed E-state index contributed by atoms with van der Waals surface area (Å²) in [6.45, 7) is 2.01. The van der Waals surface area contributed by atoms with Crippen LogP contribution in [-0.2, 0) is 4.79 Å². The van der Waals surface area contributed by atoms with Gasteiger partial charge in [0.15, 0.2) is 0 Å². The van der Waals surface area contributed by atoms with Crippen molar-refractivity contribution >= 4 is 11.8 Å². The highest BCUT2D eigenvalue weighted by atomic mass is 16.2. The van der Waals surface area contributed by atoms with Crippen molar-refractivity contribution in [3.63, 3.8) is 0 Å². The standard InChI is InChI=1S/C27H40N2O2/c1-20-12-8-11-19-24(20)27(31)29(23-17-6-3-7-18-23)25(21-13-9-10-14-21)26(30)28-22-15-4-2-5-16-22/h8,11-12,19,21-23,25H,2-7,9-10,13-18H2,1H3,(H,28,30). The first-order chi connectivity index (χ1) is 15.1. The molecule has 1 atom stereocenters. The zero-order chi connectivity index (χ0) is 21.6. The fourth-order valence-corrected chi connectivity index (χ4v) is 6.20. The number of carbonyl (C=O) groups is 2. The summed E-state index contributed by atoms with van der Waals surface area (Å²) < 4.78 is 0. The fourth-order valence-electron chi connectivity index (χ4n) is 6.20. The van der Waals surface area contributed by atoms with E-state index in [-0.39, 0.29) is 29.9 Å². The van der Waals surface area contributed by atoms with Crippen molar-refractivity contribution in [3.8, 4) is 0 Å². The van der Waals surface area contributed by atoms with Crippen LogP contribution >= 0.6 is 0 Å². The molecule has 0 heterocycles. The highest BCUT2D eigenvalue weighted by molar-refractivity contribution is 5.99. The molecule has 4 heteroatoms. The Bertz CT molecular complexity index is 743. The number of hydrogen-bond acceptors (Lipinski definition) is 2. The predicted molar refractivity (Wildman–Crippen MR) is 125 cm³/mol. The average Bonchev–Trinajstić information content (AvgIpc) is 3.33. The highest BCUT2D eigenvalue weighted by Gasteiger charge is 2.42. The highest BCUT2D eigenvalue weighted by Crippen LogP contribution is 2.35. The van der Waals surface area contributed by atoms with Crippen molar-refractivity contribution in [3.05, 3.63) is 35.4 Å². The van der Waals surface area contributed by atoms with Gasteiger partial charge in [-0.2, -0.15) is 0 Å². The van der Waals surface area contributed by atoms with E-state index in [1.165, 1.54) is 38.5 Å². The number of aryl methyl sites for hydroxylation is 1. The molecular formula is C27H40N2O2. The molecule has 3 aliphatic carbocycles. The van der Waals surface area contributed by atoms with Gasteiger partial charge in [-0.25, -0.2) is 0 Å². The third kappa shape index (κ3) is 5.32. The summed E-state index contributed by atoms with van der Waals surface area (Å²) in [6, 6.07) is 8.04. The zero-order valence-electron chi connectivity index (χ0n) is 19.3. The van der Waals surface area contributed by atoms with E-state index in [1.807, 2.05) is 31.2 Å². The van der Waals surface area contributed by atoms with Crippen LogP contribution in [0, 0.1) is 12.8 Å². The molecule has 0 aromatic heterocycles. The molecule has 0 bridgehead atoms. The number of carbonyl (C=O) groups excluding carboxylic acids is 2. The largest absolute Gasteiger partial charge is 0.352 e. The minimum Gasteiger partial charge on any atom is -0.352 e. The number of nitrogens with zero attached hydrogens (tertiary/aromatic N) is 1. The van der Waals surface area contributed by atoms with Crippen LogP contribution in [0.25, 0.3) is 0 Å². The lowest BCUT2D eigenvalue weighted by atomic mass is 9.87. The van der Waals surface area contributed by atoms with Crippen molar-refractivity contribution in [2.45, 2.75) is 115 Å². The van der Waals surface area contributed by atoms with Crippen LogP contribution in [0.1, 0.15) is 106 Å². The summed E-state index contributed by atoms with van der Waals surface area (Å²) >= 11 is 0. The summed E-state index contributed by atoms with van der Waals surface area (Å²) in [7, 11) is 0. The SMILES string of the molecule is Cc1ccccc1C(=O)N(C1CCCCC1)C(C(=O)NC1CCCCC1)C1CCCC1. The van der Waals surface area contributed by atoms with Gasteiger partial charge in [-0.05, 0) is 63.0 Å². The molecule has 2 amide bonds. The van der Waals surface area contributed by atoms with Crippen LogP contribution < -0.4 is 5.32 Å². The molecular weight excluding hydrogens is 384 g/mol. The van der Waals surface area contributed by atoms with Gasteiger partial charge < -0.3 is 10.2 Å². The van der Waals surface area contributed by atoms with Crippen LogP contribution in [0.4, 0.5) is 0 Å². The number of nitrogens with one attached hydrogen (secondary N) is 1. The van der Waals surface area contributed by atoms with Gasteiger partial charge in [-0.3, -0.25) is 9.59 Å². The Hall–Kier alpha value is -1.84. The van der Waals surface area contributed by atoms with E-state index in [0.717, 1.165) is 62.5 Å². The number of rotatable bonds is 6. The molecule has 31 heavy (non-hydrogen) atoms. The first kappa shape index (κ1) is 22.4. The van der Waals surface area contributed by atoms with Crippen molar-refractivity contribution < 1.29 is 9.59 Å². The Morgan fingerprint density at radius 1 is 0.839 bits per heavy atom. The van der Waals surface area contributed by atoms with Gasteiger partial charge in [0.25, 0.3) is 5.91 Å². The summed E-state index contributed by atoms with van der Waals surface area (Å²) in [4.78, 5) is 29.9. The van der Waals surface area contributed by atoms with Crippen LogP contribution in [0.3, 0.4) is 0 Å². The van der Waals surface area contributed by atoms with E-state index in [2.05, 4.69) is 10.2 Å². The lowest BCUT2D eigenvalue weighted by molar-refractivity contribution is -0.129. The minimum absolute atomic E-state index is 0.0701. The Balaban J connectivity index is 1.65. The molecule has 1 aromatic rings. The second-order valence-corrected chi connectivity index (χ2v) is 10.2. The summed E-state index contributed by atoms with van der Waals surface area (Å²) in [5.74, 6) is 0.477. The van der Waals surface area contributed by atoms with Gasteiger partial charge in [0.05, 0.1) is 0 Å². The van der Waals surface area contributed by atoms with Gasteiger partial charge in [-0.1, -0.05) is 69.6 Å². The van der Waals surface area contributed by atoms with Gasteiger partial charge >= 0.3 is 0 Å². The molecule has 0 aliphatic heterocycles. The molecule has 1 aromatic carbocycles. The normalized spacial score (nSPS) is 22.2. The molecule has 4 nitrogen and oxygen atoms in total. The molecule has 3 saturated carbocycles. The Morgan fingerprint density at radius 2 is 1.42 bits per heavy atom. The van der Waals surface area contributed by atoms with Crippen LogP contribution in [-0.4, -0.2) is 34.8 Å². The molecule has 3 fully saturated rings. The van der Waals surface area contributed by atoms with Gasteiger partial charge in [0, 0.05) is 17.6 Å². The average molecular weight is 425 g/mol. The Labute approximate surface area is 188 Å². The lowest BCUT2D eigenvalue weighted by Crippen LogP contribution is -2.58. The lowest BCUT2D eigenvalue weighted by Gasteiger charge is -2.42. The minimum atomic E-state index is -0.320. The number of benzene rings is 1. The van der Waals surface area contributed by atoms with Crippen LogP contribution in [0.15, 0.2) is 24.3 Å². The van der Waals surface area contributed by atoms with Gasteiger partial charge in [-0.15, -0.1) is 0 Å². The Kier molecular flexibility index (Phi) is 7.68. The third-order valence-corrected chi connectivity index (χ3v) is 7.94. The van der Waals surface area contributed by atoms with Crippen LogP contribution in [0.2, 0.25) is 0 Å². The van der Waals surface area contributed by atoms with E-state index in [1.54, 1.807) is 0 Å². The molecule has 0 radical (unpaired) electrons. The molecule has 1 N–H and O–H groups in total. The van der Waals surface area contributed by atoms with E-state index in [0.29, 0.717) is 5.92 Å². The molecule has 0 saturated heterocycles. The maximum absolute atomic E-state index is 14.0. The van der Waals surface area contributed by atoms with E-state index in [4.69, 9.17) is 0 Å². The van der Waals surface area contributed by atoms with Crippen molar-refractivity contribution in [1.82, 2.24) is 10.2 Å². The zero-order valence-corrected chi connectivity index (χ0v) is 19.3. The van der Waals surface area contributed by atoms with E-state index >= 15 is 0 Å². The monoisotopic (exact) mass is 424 g/mol. The van der Waals surface area contributed by atoms with Crippen molar-refractivity contribution in [2.24, 2.45) is 5.92 Å². The maximum atomic E-state index is 14.0. The molecule has 170 valence electrons. The summed E-state index contributed by atoms with van der Waals surface area (Å²) in [5, 5.41) is 3.40. The molecule has 0 spiro atoms. The number of hydrogen-bond donors (Lipinski definition) is 1. The molecule has 3 aliphatic rings. The maximum Gasteiger partial charge on any atom is 0.255 e. The Morgan fingerprint density at radius 3 is 2.06 bits per heavy atom. The van der Waals surface area contributed by atoms with Crippen LogP contribution in [0.5, 0.6) is 0 Å². The van der Waals surface area contributed by atoms with Crippen molar-refractivity contribution in [2.75, 3.05) is 0 Å². The first-order valence-electron chi connectivity index (χ1n) is 12.8. The smallest absolute Gasteiger partial charge is 0.255 e. The van der Waals surface area contributed by atoms with Gasteiger partial charge in [0.1, 0.15) is 6.04 Å². The van der Waals surface area contributed by atoms with Crippen molar-refractivity contribution in [1.29, 1.82) is 0 Å². The number of amides is 2. The fraction of sp³-hybridized carbons (Fsp3) is 0.704. The van der Waals surface area contributed by atoms with Gasteiger partial charge in [0.2, 0.25) is 5.91 Å². The first-order valence-corrected chi connectivity index (χ1v) is 12.8. The second-order valence-electron chi connectivity index (χ2n) is 10.2. The van der Waals surface area contributed by atoms with E-state index < -0.39 is 0 Å². The molecule has 1 unspecified atom stereocenters. The quantitative estimate of drug-likeness (QED) is 0.629. The van der Waals surface area contributed by atoms with E-state index in [9.17, 15) is 9.59 Å². The third-order valence-electron chi connectivity index (χ3n) is 7.94. The molecule has 4 rings (SSSR count). The summed E-state index contributed by atoms with van der Waals surface area (Å²) in [5.41, 5.74) is 1.77.